The van der Waals surface area contributed by atoms with Crippen molar-refractivity contribution in [1.29, 1.82) is 0 Å². The number of H-pyrrole nitrogens is 1. The van der Waals surface area contributed by atoms with Crippen LogP contribution in [0.1, 0.15) is 41.7 Å². The van der Waals surface area contributed by atoms with Gasteiger partial charge in [-0.15, -0.1) is 0 Å². The van der Waals surface area contributed by atoms with E-state index >= 15 is 0 Å². The molecule has 33 heavy (non-hydrogen) atoms. The zero-order chi connectivity index (χ0) is 24.4. The van der Waals surface area contributed by atoms with Crippen molar-refractivity contribution >= 4 is 15.7 Å². The van der Waals surface area contributed by atoms with Gasteiger partial charge < -0.3 is 4.90 Å². The SMILES string of the molecule is O=C(c1ccn[nH]1)N(CC(F)(F)F)[C@H]1CC[C@H](CS(=O)(=O)c2cccc(C(F)(F)F)c2)CC1. The molecule has 1 aromatic heterocycles. The van der Waals surface area contributed by atoms with Crippen molar-refractivity contribution in [3.05, 3.63) is 47.8 Å². The van der Waals surface area contributed by atoms with Crippen LogP contribution in [0.15, 0.2) is 41.4 Å². The summed E-state index contributed by atoms with van der Waals surface area (Å²) in [5.41, 5.74) is -1.17. The van der Waals surface area contributed by atoms with Crippen LogP contribution in [-0.4, -0.2) is 53.9 Å². The van der Waals surface area contributed by atoms with Crippen LogP contribution in [0.5, 0.6) is 0 Å². The van der Waals surface area contributed by atoms with Gasteiger partial charge in [-0.05, 0) is 55.9 Å². The first-order chi connectivity index (χ1) is 15.3. The number of carbonyl (C=O) groups excluding carboxylic acids is 1. The number of hydrogen-bond acceptors (Lipinski definition) is 4. The van der Waals surface area contributed by atoms with Crippen molar-refractivity contribution in [3.63, 3.8) is 0 Å². The normalized spacial score (nSPS) is 19.9. The van der Waals surface area contributed by atoms with Crippen LogP contribution in [0.2, 0.25) is 0 Å². The maximum absolute atomic E-state index is 13.1. The third-order valence-corrected chi connectivity index (χ3v) is 7.46. The summed E-state index contributed by atoms with van der Waals surface area (Å²) in [5.74, 6) is -1.73. The molecule has 1 N–H and O–H groups in total. The smallest absolute Gasteiger partial charge is 0.325 e. The molecule has 0 unspecified atom stereocenters. The van der Waals surface area contributed by atoms with E-state index in [9.17, 15) is 39.6 Å². The predicted octanol–water partition coefficient (Wildman–Crippen LogP) is 4.47. The molecule has 2 aromatic rings. The number of sulfone groups is 1. The van der Waals surface area contributed by atoms with Crippen molar-refractivity contribution < 1.29 is 39.6 Å². The first-order valence-corrected chi connectivity index (χ1v) is 11.7. The average molecular weight is 497 g/mol. The summed E-state index contributed by atoms with van der Waals surface area (Å²) in [4.78, 5) is 12.8. The highest BCUT2D eigenvalue weighted by Gasteiger charge is 2.39. The first kappa shape index (κ1) is 25.1. The van der Waals surface area contributed by atoms with Gasteiger partial charge in [0.15, 0.2) is 9.84 Å². The average Bonchev–Trinajstić information content (AvgIpc) is 3.26. The van der Waals surface area contributed by atoms with Crippen LogP contribution in [0.4, 0.5) is 26.3 Å². The second-order valence-electron chi connectivity index (χ2n) is 8.00. The van der Waals surface area contributed by atoms with E-state index in [0.29, 0.717) is 11.0 Å². The molecule has 0 saturated heterocycles. The molecule has 0 bridgehead atoms. The van der Waals surface area contributed by atoms with Gasteiger partial charge in [-0.2, -0.15) is 31.4 Å². The molecular formula is C20H21F6N3O3S. The number of nitrogens with zero attached hydrogens (tertiary/aromatic N) is 2. The fourth-order valence-corrected chi connectivity index (χ4v) is 5.72. The number of alkyl halides is 6. The molecule has 0 atom stereocenters. The third kappa shape index (κ3) is 6.49. The van der Waals surface area contributed by atoms with E-state index in [1.54, 1.807) is 0 Å². The largest absolute Gasteiger partial charge is 0.416 e. The highest BCUT2D eigenvalue weighted by atomic mass is 32.2. The monoisotopic (exact) mass is 497 g/mol. The van der Waals surface area contributed by atoms with Gasteiger partial charge >= 0.3 is 12.4 Å². The summed E-state index contributed by atoms with van der Waals surface area (Å²) in [5, 5.41) is 5.93. The Balaban J connectivity index is 1.68. The molecule has 1 aromatic carbocycles. The molecule has 182 valence electrons. The maximum Gasteiger partial charge on any atom is 0.416 e. The van der Waals surface area contributed by atoms with Crippen molar-refractivity contribution in [3.8, 4) is 0 Å². The van der Waals surface area contributed by atoms with Crippen molar-refractivity contribution in [2.45, 2.75) is 49.0 Å². The zero-order valence-electron chi connectivity index (χ0n) is 17.2. The second kappa shape index (κ2) is 9.35. The van der Waals surface area contributed by atoms with Gasteiger partial charge in [0.2, 0.25) is 0 Å². The Labute approximate surface area is 185 Å². The van der Waals surface area contributed by atoms with Crippen LogP contribution in [-0.2, 0) is 16.0 Å². The number of aromatic amines is 1. The van der Waals surface area contributed by atoms with Crippen LogP contribution >= 0.6 is 0 Å². The third-order valence-electron chi connectivity index (χ3n) is 5.57. The maximum atomic E-state index is 13.1. The summed E-state index contributed by atoms with van der Waals surface area (Å²) in [6, 6.07) is 3.96. The van der Waals surface area contributed by atoms with E-state index in [2.05, 4.69) is 10.2 Å². The fraction of sp³-hybridized carbons (Fsp3) is 0.500. The topological polar surface area (TPSA) is 83.1 Å². The molecule has 1 heterocycles. The van der Waals surface area contributed by atoms with Crippen molar-refractivity contribution in [2.75, 3.05) is 12.3 Å². The van der Waals surface area contributed by atoms with Gasteiger partial charge in [-0.25, -0.2) is 8.42 Å². The number of halogens is 6. The van der Waals surface area contributed by atoms with Crippen LogP contribution < -0.4 is 0 Å². The molecule has 0 aliphatic heterocycles. The lowest BCUT2D eigenvalue weighted by Crippen LogP contribution is -2.47. The zero-order valence-corrected chi connectivity index (χ0v) is 18.0. The number of rotatable bonds is 6. The van der Waals surface area contributed by atoms with E-state index in [4.69, 9.17) is 0 Å². The van der Waals surface area contributed by atoms with E-state index < -0.39 is 62.8 Å². The lowest BCUT2D eigenvalue weighted by atomic mass is 9.86. The number of nitrogens with one attached hydrogen (secondary N) is 1. The molecule has 1 aliphatic carbocycles. The Bertz CT molecular complexity index is 1060. The number of hydrogen-bond donors (Lipinski definition) is 1. The fourth-order valence-electron chi connectivity index (χ4n) is 3.99. The second-order valence-corrected chi connectivity index (χ2v) is 10.0. The lowest BCUT2D eigenvalue weighted by Gasteiger charge is -2.37. The highest BCUT2D eigenvalue weighted by Crippen LogP contribution is 2.34. The van der Waals surface area contributed by atoms with Gasteiger partial charge in [0.1, 0.15) is 12.2 Å². The Hall–Kier alpha value is -2.57. The number of aromatic nitrogens is 2. The number of benzene rings is 1. The minimum atomic E-state index is -4.69. The van der Waals surface area contributed by atoms with Gasteiger partial charge in [-0.3, -0.25) is 9.89 Å². The van der Waals surface area contributed by atoms with Crippen molar-refractivity contribution in [1.82, 2.24) is 15.1 Å². The van der Waals surface area contributed by atoms with Gasteiger partial charge in [0.25, 0.3) is 5.91 Å². The summed E-state index contributed by atoms with van der Waals surface area (Å²) in [7, 11) is -4.03. The molecule has 0 radical (unpaired) electrons. The summed E-state index contributed by atoms with van der Waals surface area (Å²) >= 11 is 0. The highest BCUT2D eigenvalue weighted by molar-refractivity contribution is 7.91. The van der Waals surface area contributed by atoms with E-state index in [1.807, 2.05) is 0 Å². The Kier molecular flexibility index (Phi) is 7.10. The molecule has 1 saturated carbocycles. The molecule has 13 heteroatoms. The standard InChI is InChI=1S/C20H21F6N3O3S/c21-19(22,23)12-29(18(30)17-8-9-27-28-17)15-6-4-13(5-7-15)11-33(31,32)16-3-1-2-14(10-16)20(24,25)26/h1-3,8-10,13,15H,4-7,11-12H2,(H,27,28)/t13-,15-. The van der Waals surface area contributed by atoms with Crippen LogP contribution in [0.25, 0.3) is 0 Å². The predicted molar refractivity (Wildman–Crippen MR) is 105 cm³/mol. The van der Waals surface area contributed by atoms with E-state index in [1.165, 1.54) is 12.3 Å². The van der Waals surface area contributed by atoms with Gasteiger partial charge in [0, 0.05) is 12.2 Å². The van der Waals surface area contributed by atoms with Crippen LogP contribution in [0, 0.1) is 5.92 Å². The van der Waals surface area contributed by atoms with Gasteiger partial charge in [-0.1, -0.05) is 6.07 Å². The molecular weight excluding hydrogens is 476 g/mol. The minimum Gasteiger partial charge on any atom is -0.325 e. The van der Waals surface area contributed by atoms with E-state index in [-0.39, 0.29) is 31.4 Å². The summed E-state index contributed by atoms with van der Waals surface area (Å²) in [6.07, 6.45) is -7.36. The molecule has 1 amide bonds. The summed E-state index contributed by atoms with van der Waals surface area (Å²) in [6.45, 7) is -1.46. The van der Waals surface area contributed by atoms with Gasteiger partial charge in [0.05, 0.1) is 16.2 Å². The summed E-state index contributed by atoms with van der Waals surface area (Å²) < 4.78 is 103. The number of amides is 1. The Morgan fingerprint density at radius 1 is 1.06 bits per heavy atom. The van der Waals surface area contributed by atoms with E-state index in [0.717, 1.165) is 18.2 Å². The molecule has 6 nitrogen and oxygen atoms in total. The first-order valence-electron chi connectivity index (χ1n) is 10.0. The molecule has 1 aliphatic rings. The molecule has 3 rings (SSSR count). The minimum absolute atomic E-state index is 0.0894. The quantitative estimate of drug-likeness (QED) is 0.598. The number of carbonyl (C=O) groups is 1. The Morgan fingerprint density at radius 3 is 2.27 bits per heavy atom. The molecule has 1 fully saturated rings. The lowest BCUT2D eigenvalue weighted by molar-refractivity contribution is -0.146. The van der Waals surface area contributed by atoms with Crippen molar-refractivity contribution in [2.24, 2.45) is 5.92 Å². The molecule has 0 spiro atoms. The Morgan fingerprint density at radius 2 is 1.73 bits per heavy atom. The van der Waals surface area contributed by atoms with Crippen LogP contribution in [0.3, 0.4) is 0 Å².